The van der Waals surface area contributed by atoms with Crippen molar-refractivity contribution in [2.45, 2.75) is 37.8 Å². The fourth-order valence-electron chi connectivity index (χ4n) is 3.17. The number of benzene rings is 1. The van der Waals surface area contributed by atoms with E-state index in [0.717, 1.165) is 0 Å². The van der Waals surface area contributed by atoms with E-state index in [1.165, 1.54) is 16.3 Å². The topological polar surface area (TPSA) is 64.4 Å². The summed E-state index contributed by atoms with van der Waals surface area (Å²) in [4.78, 5) is 31.8. The molecular weight excluding hydrogens is 386 g/mol. The third-order valence-electron chi connectivity index (χ3n) is 4.29. The number of thioether (sulfide) groups is 1. The second-order valence-electron chi connectivity index (χ2n) is 6.60. The monoisotopic (exact) mass is 407 g/mol. The van der Waals surface area contributed by atoms with E-state index >= 15 is 0 Å². The van der Waals surface area contributed by atoms with Crippen LogP contribution in [0.1, 0.15) is 13.8 Å². The molecule has 2 aromatic rings. The second-order valence-corrected chi connectivity index (χ2v) is 7.98. The lowest BCUT2D eigenvalue weighted by Gasteiger charge is -2.35. The minimum absolute atomic E-state index is 0.0117. The number of amides is 1. The lowest BCUT2D eigenvalue weighted by atomic mass is 10.2. The maximum atomic E-state index is 12.8. The van der Waals surface area contributed by atoms with Crippen molar-refractivity contribution in [3.8, 4) is 0 Å². The summed E-state index contributed by atoms with van der Waals surface area (Å²) in [5.74, 6) is 0.222. The first-order valence-corrected chi connectivity index (χ1v) is 10.1. The zero-order valence-corrected chi connectivity index (χ0v) is 16.9. The minimum Gasteiger partial charge on any atom is -0.372 e. The molecule has 0 saturated carbocycles. The zero-order valence-electron chi connectivity index (χ0n) is 15.4. The lowest BCUT2D eigenvalue weighted by Crippen LogP contribution is -2.48. The number of carbonyl (C=O) groups is 1. The molecular formula is C19H22ClN3O3S. The fourth-order valence-corrected chi connectivity index (χ4v) is 4.26. The normalized spacial score (nSPS) is 20.0. The van der Waals surface area contributed by atoms with E-state index in [1.54, 1.807) is 24.3 Å². The van der Waals surface area contributed by atoms with Gasteiger partial charge in [0.15, 0.2) is 5.16 Å². The van der Waals surface area contributed by atoms with Crippen molar-refractivity contribution < 1.29 is 9.53 Å². The molecule has 1 aromatic heterocycles. The van der Waals surface area contributed by atoms with Crippen LogP contribution in [0.2, 0.25) is 5.02 Å². The number of carbonyl (C=O) groups excluding carboxylic acids is 1. The average molecular weight is 408 g/mol. The molecule has 1 fully saturated rings. The Morgan fingerprint density at radius 3 is 2.78 bits per heavy atom. The van der Waals surface area contributed by atoms with Gasteiger partial charge in [0.1, 0.15) is 0 Å². The van der Waals surface area contributed by atoms with Gasteiger partial charge in [-0.05, 0) is 32.0 Å². The van der Waals surface area contributed by atoms with E-state index in [9.17, 15) is 9.59 Å². The molecule has 0 unspecified atom stereocenters. The van der Waals surface area contributed by atoms with Gasteiger partial charge >= 0.3 is 0 Å². The Morgan fingerprint density at radius 1 is 1.41 bits per heavy atom. The first kappa shape index (κ1) is 19.9. The summed E-state index contributed by atoms with van der Waals surface area (Å²) in [7, 11) is 0. The Bertz CT molecular complexity index is 920. The van der Waals surface area contributed by atoms with Gasteiger partial charge in [0, 0.05) is 24.7 Å². The molecule has 1 amide bonds. The third-order valence-corrected chi connectivity index (χ3v) is 5.49. The Labute approximate surface area is 167 Å². The van der Waals surface area contributed by atoms with Crippen molar-refractivity contribution in [2.75, 3.05) is 18.8 Å². The standard InChI is InChI=1S/C19H22ClN3O3S/c1-4-7-23-18(25)15-8-14(20)5-6-16(15)21-19(23)27-11-17(24)22-9-12(2)26-13(3)10-22/h4-6,8,12-13H,1,7,9-11H2,2-3H3/t12-,13-/m1/s1. The minimum atomic E-state index is -0.189. The molecule has 3 rings (SSSR count). The molecule has 0 aliphatic carbocycles. The largest absolute Gasteiger partial charge is 0.372 e. The average Bonchev–Trinajstić information content (AvgIpc) is 2.62. The van der Waals surface area contributed by atoms with E-state index < -0.39 is 0 Å². The number of morpholine rings is 1. The maximum Gasteiger partial charge on any atom is 0.262 e. The van der Waals surface area contributed by atoms with Crippen molar-refractivity contribution >= 4 is 40.2 Å². The summed E-state index contributed by atoms with van der Waals surface area (Å²) in [5, 5.41) is 1.44. The number of hydrogen-bond acceptors (Lipinski definition) is 5. The molecule has 0 N–H and O–H groups in total. The summed E-state index contributed by atoms with van der Waals surface area (Å²) in [6.07, 6.45) is 1.67. The summed E-state index contributed by atoms with van der Waals surface area (Å²) in [5.41, 5.74) is 0.374. The number of rotatable bonds is 5. The van der Waals surface area contributed by atoms with Crippen LogP contribution in [0.15, 0.2) is 40.8 Å². The van der Waals surface area contributed by atoms with Gasteiger partial charge < -0.3 is 9.64 Å². The predicted molar refractivity (Wildman–Crippen MR) is 109 cm³/mol. The number of aromatic nitrogens is 2. The molecule has 6 nitrogen and oxygen atoms in total. The highest BCUT2D eigenvalue weighted by Gasteiger charge is 2.26. The second kappa shape index (κ2) is 8.46. The van der Waals surface area contributed by atoms with Crippen LogP contribution in [0, 0.1) is 0 Å². The maximum absolute atomic E-state index is 12.8. The highest BCUT2D eigenvalue weighted by atomic mass is 35.5. The Balaban J connectivity index is 1.84. The predicted octanol–water partition coefficient (Wildman–Crippen LogP) is 2.96. The van der Waals surface area contributed by atoms with Crippen molar-refractivity contribution in [1.82, 2.24) is 14.5 Å². The SMILES string of the molecule is C=CCn1c(SCC(=O)N2C[C@@H](C)O[C@H](C)C2)nc2ccc(Cl)cc2c1=O. The molecule has 144 valence electrons. The van der Waals surface area contributed by atoms with Crippen molar-refractivity contribution in [3.05, 3.63) is 46.2 Å². The van der Waals surface area contributed by atoms with Gasteiger partial charge in [-0.15, -0.1) is 6.58 Å². The van der Waals surface area contributed by atoms with Crippen LogP contribution in [-0.4, -0.2) is 51.4 Å². The van der Waals surface area contributed by atoms with Crippen LogP contribution in [0.4, 0.5) is 0 Å². The van der Waals surface area contributed by atoms with Gasteiger partial charge in [-0.3, -0.25) is 14.2 Å². The quantitative estimate of drug-likeness (QED) is 0.433. The van der Waals surface area contributed by atoms with Crippen molar-refractivity contribution in [3.63, 3.8) is 0 Å². The summed E-state index contributed by atoms with van der Waals surface area (Å²) < 4.78 is 7.20. The molecule has 2 atom stereocenters. The van der Waals surface area contributed by atoms with Crippen LogP contribution >= 0.6 is 23.4 Å². The molecule has 1 aromatic carbocycles. The number of ether oxygens (including phenoxy) is 1. The van der Waals surface area contributed by atoms with E-state index in [4.69, 9.17) is 16.3 Å². The van der Waals surface area contributed by atoms with Gasteiger partial charge in [-0.25, -0.2) is 4.98 Å². The van der Waals surface area contributed by atoms with Gasteiger partial charge in [0.2, 0.25) is 5.91 Å². The molecule has 0 radical (unpaired) electrons. The zero-order chi connectivity index (χ0) is 19.6. The smallest absolute Gasteiger partial charge is 0.262 e. The molecule has 1 saturated heterocycles. The van der Waals surface area contributed by atoms with Gasteiger partial charge in [-0.2, -0.15) is 0 Å². The van der Waals surface area contributed by atoms with Crippen LogP contribution in [0.3, 0.4) is 0 Å². The number of nitrogens with zero attached hydrogens (tertiary/aromatic N) is 3. The van der Waals surface area contributed by atoms with Gasteiger partial charge in [0.25, 0.3) is 5.56 Å². The Kier molecular flexibility index (Phi) is 6.24. The molecule has 1 aliphatic rings. The van der Waals surface area contributed by atoms with E-state index in [-0.39, 0.29) is 29.4 Å². The fraction of sp³-hybridized carbons (Fsp3) is 0.421. The summed E-state index contributed by atoms with van der Waals surface area (Å²) >= 11 is 7.27. The van der Waals surface area contributed by atoms with E-state index in [1.807, 2.05) is 18.7 Å². The van der Waals surface area contributed by atoms with Gasteiger partial charge in [0.05, 0.1) is 28.9 Å². The number of allylic oxidation sites excluding steroid dienone is 1. The van der Waals surface area contributed by atoms with Crippen molar-refractivity contribution in [2.24, 2.45) is 0 Å². The summed E-state index contributed by atoms with van der Waals surface area (Å²) in [6, 6.07) is 5.03. The van der Waals surface area contributed by atoms with E-state index in [2.05, 4.69) is 11.6 Å². The highest BCUT2D eigenvalue weighted by Crippen LogP contribution is 2.21. The molecule has 1 aliphatic heterocycles. The molecule has 8 heteroatoms. The molecule has 27 heavy (non-hydrogen) atoms. The highest BCUT2D eigenvalue weighted by molar-refractivity contribution is 7.99. The van der Waals surface area contributed by atoms with Crippen LogP contribution in [-0.2, 0) is 16.1 Å². The van der Waals surface area contributed by atoms with Crippen LogP contribution in [0.5, 0.6) is 0 Å². The van der Waals surface area contributed by atoms with Crippen LogP contribution in [0.25, 0.3) is 10.9 Å². The Morgan fingerprint density at radius 2 is 2.11 bits per heavy atom. The van der Waals surface area contributed by atoms with Gasteiger partial charge in [-0.1, -0.05) is 29.4 Å². The van der Waals surface area contributed by atoms with Crippen LogP contribution < -0.4 is 5.56 Å². The van der Waals surface area contributed by atoms with Crippen molar-refractivity contribution in [1.29, 1.82) is 0 Å². The third kappa shape index (κ3) is 4.54. The number of hydrogen-bond donors (Lipinski definition) is 0. The molecule has 2 heterocycles. The Hall–Kier alpha value is -1.83. The lowest BCUT2D eigenvalue weighted by molar-refractivity contribution is -0.140. The number of halogens is 1. The number of fused-ring (bicyclic) bond motifs is 1. The summed E-state index contributed by atoms with van der Waals surface area (Å²) in [6.45, 7) is 9.10. The first-order chi connectivity index (χ1) is 12.9. The molecule has 0 spiro atoms. The molecule has 0 bridgehead atoms. The first-order valence-electron chi connectivity index (χ1n) is 8.76. The van der Waals surface area contributed by atoms with E-state index in [0.29, 0.717) is 40.7 Å².